The third kappa shape index (κ3) is 3.35. The van der Waals surface area contributed by atoms with Crippen molar-refractivity contribution in [2.75, 3.05) is 11.8 Å². The summed E-state index contributed by atoms with van der Waals surface area (Å²) in [5.41, 5.74) is 1.02. The van der Waals surface area contributed by atoms with Gasteiger partial charge in [0.2, 0.25) is 11.7 Å². The summed E-state index contributed by atoms with van der Waals surface area (Å²) >= 11 is 1.09. The molecule has 0 amide bonds. The third-order valence-electron chi connectivity index (χ3n) is 2.95. The highest BCUT2D eigenvalue weighted by atomic mass is 32.2. The van der Waals surface area contributed by atoms with Crippen LogP contribution in [0.4, 0.5) is 5.69 Å². The first-order valence-corrected chi connectivity index (χ1v) is 8.90. The summed E-state index contributed by atoms with van der Waals surface area (Å²) in [4.78, 5) is 4.08. The van der Waals surface area contributed by atoms with Gasteiger partial charge >= 0.3 is 0 Å². The first kappa shape index (κ1) is 15.5. The highest BCUT2D eigenvalue weighted by Gasteiger charge is 2.19. The van der Waals surface area contributed by atoms with Gasteiger partial charge in [0.25, 0.3) is 10.0 Å². The molecule has 0 saturated heterocycles. The van der Waals surface area contributed by atoms with Gasteiger partial charge in [-0.15, -0.1) is 11.3 Å². The first-order chi connectivity index (χ1) is 11.0. The van der Waals surface area contributed by atoms with E-state index in [-0.39, 0.29) is 4.21 Å². The number of ether oxygens (including phenoxy) is 1. The Morgan fingerprint density at radius 1 is 1.30 bits per heavy atom. The number of thiophene rings is 1. The van der Waals surface area contributed by atoms with Crippen LogP contribution in [-0.4, -0.2) is 25.7 Å². The second-order valence-corrected chi connectivity index (χ2v) is 7.45. The van der Waals surface area contributed by atoms with E-state index in [1.165, 1.54) is 13.2 Å². The van der Waals surface area contributed by atoms with Gasteiger partial charge in [0.15, 0.2) is 0 Å². The zero-order valence-electron chi connectivity index (χ0n) is 12.3. The molecule has 120 valence electrons. The van der Waals surface area contributed by atoms with Crippen LogP contribution in [0.5, 0.6) is 5.75 Å². The number of hydrogen-bond donors (Lipinski definition) is 1. The molecule has 23 heavy (non-hydrogen) atoms. The Hall–Kier alpha value is -2.39. The van der Waals surface area contributed by atoms with E-state index in [4.69, 9.17) is 9.26 Å². The Labute approximate surface area is 137 Å². The molecule has 2 aromatic heterocycles. The van der Waals surface area contributed by atoms with Crippen molar-refractivity contribution in [3.8, 4) is 17.1 Å². The van der Waals surface area contributed by atoms with Gasteiger partial charge in [-0.1, -0.05) is 11.2 Å². The maximum Gasteiger partial charge on any atom is 0.271 e. The Morgan fingerprint density at radius 2 is 2.13 bits per heavy atom. The highest BCUT2D eigenvalue weighted by molar-refractivity contribution is 7.94. The maximum atomic E-state index is 12.4. The second-order valence-electron chi connectivity index (χ2n) is 4.63. The molecule has 1 N–H and O–H groups in total. The van der Waals surface area contributed by atoms with Gasteiger partial charge in [-0.05, 0) is 18.2 Å². The van der Waals surface area contributed by atoms with E-state index >= 15 is 0 Å². The van der Waals surface area contributed by atoms with E-state index in [2.05, 4.69) is 14.9 Å². The predicted molar refractivity (Wildman–Crippen MR) is 86.2 cm³/mol. The van der Waals surface area contributed by atoms with Gasteiger partial charge < -0.3 is 9.26 Å². The largest absolute Gasteiger partial charge is 0.497 e. The number of aromatic nitrogens is 2. The summed E-state index contributed by atoms with van der Waals surface area (Å²) in [6, 6.07) is 8.21. The van der Waals surface area contributed by atoms with Crippen molar-refractivity contribution in [2.45, 2.75) is 11.1 Å². The average Bonchev–Trinajstić information content (AvgIpc) is 3.16. The zero-order valence-corrected chi connectivity index (χ0v) is 13.9. The molecule has 3 rings (SSSR count). The smallest absolute Gasteiger partial charge is 0.271 e. The lowest BCUT2D eigenvalue weighted by Gasteiger charge is -2.07. The monoisotopic (exact) mass is 351 g/mol. The number of sulfonamides is 1. The SMILES string of the molecule is COc1cccc(NS(=O)(=O)c2cc(-c3noc(C)n3)cs2)c1. The molecule has 9 heteroatoms. The number of hydrogen-bond acceptors (Lipinski definition) is 7. The standard InChI is InChI=1S/C14H13N3O4S2/c1-9-15-14(16-21-9)10-6-13(22-8-10)23(18,19)17-11-4-3-5-12(7-11)20-2/h3-8,17H,1-2H3. The molecule has 0 saturated carbocycles. The molecule has 1 aromatic carbocycles. The van der Waals surface area contributed by atoms with Crippen LogP contribution in [0.2, 0.25) is 0 Å². The minimum absolute atomic E-state index is 0.165. The molecule has 0 aliphatic carbocycles. The average molecular weight is 351 g/mol. The van der Waals surface area contributed by atoms with Gasteiger partial charge in [0.05, 0.1) is 12.8 Å². The van der Waals surface area contributed by atoms with E-state index in [0.29, 0.717) is 28.7 Å². The van der Waals surface area contributed by atoms with E-state index in [0.717, 1.165) is 11.3 Å². The molecule has 3 aromatic rings. The van der Waals surface area contributed by atoms with Crippen LogP contribution in [-0.2, 0) is 10.0 Å². The summed E-state index contributed by atoms with van der Waals surface area (Å²) in [6.45, 7) is 1.67. The number of nitrogens with one attached hydrogen (secondary N) is 1. The quantitative estimate of drug-likeness (QED) is 0.759. The van der Waals surface area contributed by atoms with Crippen molar-refractivity contribution in [1.82, 2.24) is 10.1 Å². The molecule has 0 radical (unpaired) electrons. The molecule has 0 atom stereocenters. The van der Waals surface area contributed by atoms with Gasteiger partial charge in [-0.2, -0.15) is 4.98 Å². The van der Waals surface area contributed by atoms with E-state index in [1.807, 2.05) is 0 Å². The van der Waals surface area contributed by atoms with Crippen LogP contribution in [0.3, 0.4) is 0 Å². The number of benzene rings is 1. The van der Waals surface area contributed by atoms with Crippen LogP contribution in [0.1, 0.15) is 5.89 Å². The van der Waals surface area contributed by atoms with Crippen molar-refractivity contribution in [1.29, 1.82) is 0 Å². The summed E-state index contributed by atoms with van der Waals surface area (Å²) in [5, 5.41) is 5.45. The topological polar surface area (TPSA) is 94.3 Å². The molecule has 7 nitrogen and oxygen atoms in total. The van der Waals surface area contributed by atoms with Crippen molar-refractivity contribution < 1.29 is 17.7 Å². The van der Waals surface area contributed by atoms with Crippen molar-refractivity contribution in [2.24, 2.45) is 0 Å². The fourth-order valence-corrected chi connectivity index (χ4v) is 4.09. The lowest BCUT2D eigenvalue weighted by molar-refractivity contribution is 0.394. The van der Waals surface area contributed by atoms with Crippen molar-refractivity contribution in [3.05, 3.63) is 41.6 Å². The molecule has 0 unspecified atom stereocenters. The first-order valence-electron chi connectivity index (χ1n) is 6.54. The van der Waals surface area contributed by atoms with Crippen LogP contribution in [0.25, 0.3) is 11.4 Å². The lowest BCUT2D eigenvalue weighted by Crippen LogP contribution is -2.11. The third-order valence-corrected chi connectivity index (χ3v) is 5.77. The number of anilines is 1. The molecule has 2 heterocycles. The Balaban J connectivity index is 1.86. The van der Waals surface area contributed by atoms with Gasteiger partial charge in [-0.3, -0.25) is 4.72 Å². The number of aryl methyl sites for hydroxylation is 1. The number of nitrogens with zero attached hydrogens (tertiary/aromatic N) is 2. The van der Waals surface area contributed by atoms with E-state index in [9.17, 15) is 8.42 Å². The summed E-state index contributed by atoms with van der Waals surface area (Å²) in [5.74, 6) is 1.35. The predicted octanol–water partition coefficient (Wildman–Crippen LogP) is 2.92. The minimum Gasteiger partial charge on any atom is -0.497 e. The Bertz CT molecular complexity index is 931. The summed E-state index contributed by atoms with van der Waals surface area (Å²) in [6.07, 6.45) is 0. The minimum atomic E-state index is -3.69. The normalized spacial score (nSPS) is 11.4. The Kier molecular flexibility index (Phi) is 4.05. The van der Waals surface area contributed by atoms with Gasteiger partial charge in [0, 0.05) is 23.9 Å². The molecular formula is C14H13N3O4S2. The number of rotatable bonds is 5. The summed E-state index contributed by atoms with van der Waals surface area (Å²) in [7, 11) is -2.17. The molecule has 0 spiro atoms. The van der Waals surface area contributed by atoms with Gasteiger partial charge in [0.1, 0.15) is 9.96 Å². The molecule has 0 fully saturated rings. The highest BCUT2D eigenvalue weighted by Crippen LogP contribution is 2.28. The zero-order chi connectivity index (χ0) is 16.4. The van der Waals surface area contributed by atoms with Crippen LogP contribution < -0.4 is 9.46 Å². The summed E-state index contributed by atoms with van der Waals surface area (Å²) < 4.78 is 37.6. The lowest BCUT2D eigenvalue weighted by atomic mass is 10.3. The van der Waals surface area contributed by atoms with Crippen molar-refractivity contribution in [3.63, 3.8) is 0 Å². The van der Waals surface area contributed by atoms with E-state index < -0.39 is 10.0 Å². The van der Waals surface area contributed by atoms with Crippen molar-refractivity contribution >= 4 is 27.0 Å². The Morgan fingerprint density at radius 3 is 2.83 bits per heavy atom. The van der Waals surface area contributed by atoms with E-state index in [1.54, 1.807) is 36.6 Å². The number of methoxy groups -OCH3 is 1. The fraction of sp³-hybridized carbons (Fsp3) is 0.143. The maximum absolute atomic E-state index is 12.4. The molecule has 0 aliphatic heterocycles. The van der Waals surface area contributed by atoms with Crippen LogP contribution in [0, 0.1) is 6.92 Å². The molecular weight excluding hydrogens is 338 g/mol. The van der Waals surface area contributed by atoms with Gasteiger partial charge in [-0.25, -0.2) is 8.42 Å². The molecule has 0 bridgehead atoms. The van der Waals surface area contributed by atoms with Crippen LogP contribution in [0.15, 0.2) is 44.4 Å². The fourth-order valence-electron chi connectivity index (χ4n) is 1.88. The molecule has 0 aliphatic rings. The second kappa shape index (κ2) is 6.01. The van der Waals surface area contributed by atoms with Crippen LogP contribution >= 0.6 is 11.3 Å².